The molecule has 37 heavy (non-hydrogen) atoms. The highest BCUT2D eigenvalue weighted by Gasteiger charge is 2.43. The number of carbonyl (C=O) groups is 1. The van der Waals surface area contributed by atoms with Crippen molar-refractivity contribution in [2.75, 3.05) is 32.8 Å². The van der Waals surface area contributed by atoms with Crippen molar-refractivity contribution in [1.82, 2.24) is 24.2 Å². The van der Waals surface area contributed by atoms with E-state index in [2.05, 4.69) is 15.0 Å². The second-order valence-electron chi connectivity index (χ2n) is 10.1. The molecule has 3 fully saturated rings. The number of carbonyl (C=O) groups excluding carboxylic acids is 1. The lowest BCUT2D eigenvalue weighted by Crippen LogP contribution is -2.50. The minimum absolute atomic E-state index is 0.0357. The van der Waals surface area contributed by atoms with Crippen molar-refractivity contribution in [1.29, 1.82) is 0 Å². The number of piperidine rings is 3. The molecule has 2 aromatic rings. The van der Waals surface area contributed by atoms with Gasteiger partial charge in [-0.05, 0) is 82.3 Å². The Morgan fingerprint density at radius 2 is 1.73 bits per heavy atom. The fourth-order valence-corrected chi connectivity index (χ4v) is 7.77. The van der Waals surface area contributed by atoms with Gasteiger partial charge in [-0.3, -0.25) is 0 Å². The Morgan fingerprint density at radius 1 is 1.00 bits per heavy atom. The number of aromatic nitrogens is 2. The van der Waals surface area contributed by atoms with Gasteiger partial charge in [0.05, 0.1) is 17.0 Å². The second-order valence-corrected chi connectivity index (χ2v) is 12.4. The molecule has 0 saturated carbocycles. The van der Waals surface area contributed by atoms with Crippen molar-refractivity contribution in [2.45, 2.75) is 74.4 Å². The molecule has 2 atom stereocenters. The van der Waals surface area contributed by atoms with Crippen LogP contribution in [0.4, 0.5) is 4.79 Å². The first-order valence-corrected chi connectivity index (χ1v) is 15.0. The third-order valence-corrected chi connectivity index (χ3v) is 10.0. The van der Waals surface area contributed by atoms with Crippen molar-refractivity contribution >= 4 is 27.7 Å². The third-order valence-electron chi connectivity index (χ3n) is 7.78. The largest absolute Gasteiger partial charge is 0.448 e. The van der Waals surface area contributed by atoms with Crippen LogP contribution in [-0.2, 0) is 14.8 Å². The summed E-state index contributed by atoms with van der Waals surface area (Å²) in [5.41, 5.74) is 0. The average molecular weight is 552 g/mol. The average Bonchev–Trinajstić information content (AvgIpc) is 3.47. The van der Waals surface area contributed by atoms with Crippen LogP contribution < -0.4 is 0 Å². The molecule has 1 amide bonds. The lowest BCUT2D eigenvalue weighted by molar-refractivity contribution is 0.0440. The summed E-state index contributed by atoms with van der Waals surface area (Å²) in [4.78, 5) is 21.5. The van der Waals surface area contributed by atoms with Gasteiger partial charge in [0.1, 0.15) is 6.61 Å². The highest BCUT2D eigenvalue weighted by atomic mass is 35.5. The maximum Gasteiger partial charge on any atom is 0.409 e. The molecule has 3 aliphatic rings. The van der Waals surface area contributed by atoms with Crippen LogP contribution in [0.15, 0.2) is 40.1 Å². The smallest absolute Gasteiger partial charge is 0.409 e. The highest BCUT2D eigenvalue weighted by molar-refractivity contribution is 7.89. The van der Waals surface area contributed by atoms with E-state index in [1.54, 1.807) is 17.0 Å². The number of ether oxygens (including phenoxy) is 1. The first-order chi connectivity index (χ1) is 17.9. The number of sulfonamides is 1. The van der Waals surface area contributed by atoms with Gasteiger partial charge in [-0.15, -0.1) is 0 Å². The van der Waals surface area contributed by atoms with E-state index in [0.29, 0.717) is 42.8 Å². The van der Waals surface area contributed by atoms with E-state index in [9.17, 15) is 13.2 Å². The molecule has 0 aliphatic carbocycles. The molecule has 202 valence electrons. The highest BCUT2D eigenvalue weighted by Crippen LogP contribution is 2.38. The molecule has 10 nitrogen and oxygen atoms in total. The van der Waals surface area contributed by atoms with Crippen LogP contribution in [0.5, 0.6) is 0 Å². The Morgan fingerprint density at radius 3 is 2.41 bits per heavy atom. The number of nitrogens with zero attached hydrogens (tertiary/aromatic N) is 5. The molecule has 12 heteroatoms. The third kappa shape index (κ3) is 5.94. The van der Waals surface area contributed by atoms with Crippen LogP contribution in [0.25, 0.3) is 0 Å². The van der Waals surface area contributed by atoms with Gasteiger partial charge in [-0.25, -0.2) is 13.2 Å². The summed E-state index contributed by atoms with van der Waals surface area (Å²) < 4.78 is 39.6. The molecular weight excluding hydrogens is 518 g/mol. The topological polar surface area (TPSA) is 109 Å². The number of amides is 1. The number of benzene rings is 1. The summed E-state index contributed by atoms with van der Waals surface area (Å²) in [6.07, 6.45) is 8.35. The van der Waals surface area contributed by atoms with Gasteiger partial charge in [-0.2, -0.15) is 9.29 Å². The van der Waals surface area contributed by atoms with E-state index in [0.717, 1.165) is 32.4 Å². The molecule has 0 bridgehead atoms. The van der Waals surface area contributed by atoms with Gasteiger partial charge >= 0.3 is 6.09 Å². The standard InChI is InChI=1S/C25H34ClN5O5S/c26-19-7-9-22(10-8-19)37(33,34)31-21(5-4-6-23(31)24-27-18-36-28-24)17-35-25(32)30-15-11-20(12-16-30)29-13-2-1-3-14-29/h7-10,18,20-21,23H,1-6,11-17H2. The number of hydrogen-bond acceptors (Lipinski definition) is 8. The van der Waals surface area contributed by atoms with Gasteiger partial charge in [0.25, 0.3) is 0 Å². The minimum atomic E-state index is -3.95. The summed E-state index contributed by atoms with van der Waals surface area (Å²) in [6, 6.07) is 5.42. The molecular formula is C25H34ClN5O5S. The van der Waals surface area contributed by atoms with Crippen molar-refractivity contribution in [3.05, 3.63) is 41.5 Å². The van der Waals surface area contributed by atoms with Crippen molar-refractivity contribution in [3.8, 4) is 0 Å². The number of rotatable bonds is 6. The summed E-state index contributed by atoms with van der Waals surface area (Å²) in [5.74, 6) is 0.299. The van der Waals surface area contributed by atoms with E-state index in [4.69, 9.17) is 20.9 Å². The van der Waals surface area contributed by atoms with Crippen molar-refractivity contribution < 1.29 is 22.5 Å². The molecule has 3 aliphatic heterocycles. The van der Waals surface area contributed by atoms with Crippen molar-refractivity contribution in [3.63, 3.8) is 0 Å². The molecule has 2 unspecified atom stereocenters. The van der Waals surface area contributed by atoms with Gasteiger partial charge in [0, 0.05) is 24.2 Å². The Hall–Kier alpha value is -2.21. The van der Waals surface area contributed by atoms with E-state index in [-0.39, 0.29) is 17.6 Å². The zero-order valence-corrected chi connectivity index (χ0v) is 22.4. The SMILES string of the molecule is O=C(OCC1CCCC(c2ncon2)N1S(=O)(=O)c1ccc(Cl)cc1)N1CCC(N2CCCCC2)CC1. The second kappa shape index (κ2) is 11.7. The van der Waals surface area contributed by atoms with E-state index in [1.165, 1.54) is 42.1 Å². The Kier molecular flexibility index (Phi) is 8.33. The summed E-state index contributed by atoms with van der Waals surface area (Å²) in [6.45, 7) is 3.57. The molecule has 0 N–H and O–H groups in total. The number of likely N-dealkylation sites (tertiary alicyclic amines) is 2. The molecule has 0 spiro atoms. The Labute approximate surface area is 222 Å². The first-order valence-electron chi connectivity index (χ1n) is 13.1. The van der Waals surface area contributed by atoms with Crippen LogP contribution in [-0.4, -0.2) is 83.6 Å². The van der Waals surface area contributed by atoms with Crippen LogP contribution in [0.1, 0.15) is 63.2 Å². The van der Waals surface area contributed by atoms with Crippen LogP contribution in [0.3, 0.4) is 0 Å². The minimum Gasteiger partial charge on any atom is -0.448 e. The van der Waals surface area contributed by atoms with Gasteiger partial charge in [-0.1, -0.05) is 23.2 Å². The van der Waals surface area contributed by atoms with Crippen LogP contribution in [0.2, 0.25) is 5.02 Å². The van der Waals surface area contributed by atoms with Gasteiger partial charge in [0.2, 0.25) is 16.4 Å². The van der Waals surface area contributed by atoms with E-state index < -0.39 is 22.1 Å². The molecule has 4 heterocycles. The van der Waals surface area contributed by atoms with E-state index in [1.807, 2.05) is 0 Å². The normalized spacial score (nSPS) is 24.7. The molecule has 1 aromatic heterocycles. The van der Waals surface area contributed by atoms with Crippen molar-refractivity contribution in [2.24, 2.45) is 0 Å². The maximum absolute atomic E-state index is 13.8. The monoisotopic (exact) mass is 551 g/mol. The van der Waals surface area contributed by atoms with Crippen LogP contribution >= 0.6 is 11.6 Å². The fraction of sp³-hybridized carbons (Fsp3) is 0.640. The summed E-state index contributed by atoms with van der Waals surface area (Å²) in [5, 5.41) is 4.37. The first kappa shape index (κ1) is 26.4. The molecule has 5 rings (SSSR count). The summed E-state index contributed by atoms with van der Waals surface area (Å²) >= 11 is 5.99. The maximum atomic E-state index is 13.8. The number of hydrogen-bond donors (Lipinski definition) is 0. The lowest BCUT2D eigenvalue weighted by Gasteiger charge is -2.41. The molecule has 0 radical (unpaired) electrons. The summed E-state index contributed by atoms with van der Waals surface area (Å²) in [7, 11) is -3.95. The zero-order valence-electron chi connectivity index (χ0n) is 20.9. The molecule has 1 aromatic carbocycles. The van der Waals surface area contributed by atoms with Gasteiger partial charge in [0.15, 0.2) is 5.82 Å². The number of halogens is 1. The zero-order chi connectivity index (χ0) is 25.8. The van der Waals surface area contributed by atoms with Gasteiger partial charge < -0.3 is 19.1 Å². The van der Waals surface area contributed by atoms with E-state index >= 15 is 0 Å². The fourth-order valence-electron chi connectivity index (χ4n) is 5.83. The predicted molar refractivity (Wildman–Crippen MR) is 137 cm³/mol. The Bertz CT molecular complexity index is 1130. The lowest BCUT2D eigenvalue weighted by atomic mass is 9.98. The molecule has 3 saturated heterocycles. The van der Waals surface area contributed by atoms with Crippen LogP contribution in [0, 0.1) is 0 Å². The quantitative estimate of drug-likeness (QED) is 0.528. The Balaban J connectivity index is 1.26. The predicted octanol–water partition coefficient (Wildman–Crippen LogP) is 4.09.